The van der Waals surface area contributed by atoms with Gasteiger partial charge < -0.3 is 4.74 Å². The van der Waals surface area contributed by atoms with Crippen molar-refractivity contribution in [2.75, 3.05) is 7.11 Å². The van der Waals surface area contributed by atoms with Crippen LogP contribution >= 0.6 is 0 Å². The van der Waals surface area contributed by atoms with E-state index in [0.29, 0.717) is 6.42 Å². The third-order valence-electron chi connectivity index (χ3n) is 3.87. The molecule has 0 saturated heterocycles. The predicted molar refractivity (Wildman–Crippen MR) is 91.5 cm³/mol. The van der Waals surface area contributed by atoms with E-state index in [1.54, 1.807) is 0 Å². The number of allylic oxidation sites excluding steroid dienone is 2. The largest absolute Gasteiger partial charge is 0.469 e. The van der Waals surface area contributed by atoms with Gasteiger partial charge in [-0.25, -0.2) is 0 Å². The number of methoxy groups -OCH3 is 1. The molecular formula is C19H36O2. The minimum absolute atomic E-state index is 0.0727. The second-order valence-corrected chi connectivity index (χ2v) is 5.91. The molecule has 0 radical (unpaired) electrons. The van der Waals surface area contributed by atoms with Gasteiger partial charge in [-0.15, -0.1) is 0 Å². The summed E-state index contributed by atoms with van der Waals surface area (Å²) in [6.45, 7) is 2.26. The normalized spacial score (nSPS) is 11.1. The Morgan fingerprint density at radius 1 is 0.762 bits per heavy atom. The number of hydrogen-bond acceptors (Lipinski definition) is 2. The summed E-state index contributed by atoms with van der Waals surface area (Å²) in [6.07, 6.45) is 22.0. The van der Waals surface area contributed by atoms with Crippen LogP contribution in [0, 0.1) is 0 Å². The maximum atomic E-state index is 10.9. The molecule has 0 aromatic heterocycles. The number of hydrogen-bond donors (Lipinski definition) is 0. The van der Waals surface area contributed by atoms with Crippen molar-refractivity contribution in [3.05, 3.63) is 12.2 Å². The van der Waals surface area contributed by atoms with Crippen LogP contribution in [-0.4, -0.2) is 13.1 Å². The molecule has 21 heavy (non-hydrogen) atoms. The summed E-state index contributed by atoms with van der Waals surface area (Å²) in [6, 6.07) is 0. The van der Waals surface area contributed by atoms with Crippen LogP contribution in [0.2, 0.25) is 0 Å². The van der Waals surface area contributed by atoms with Crippen molar-refractivity contribution in [2.24, 2.45) is 0 Å². The lowest BCUT2D eigenvalue weighted by molar-refractivity contribution is -0.140. The molecule has 0 aromatic carbocycles. The van der Waals surface area contributed by atoms with E-state index in [1.807, 2.05) is 0 Å². The molecule has 0 rings (SSSR count). The van der Waals surface area contributed by atoms with E-state index < -0.39 is 0 Å². The van der Waals surface area contributed by atoms with Crippen LogP contribution < -0.4 is 0 Å². The van der Waals surface area contributed by atoms with Crippen LogP contribution in [0.5, 0.6) is 0 Å². The van der Waals surface area contributed by atoms with Gasteiger partial charge in [0.05, 0.1) is 7.11 Å². The zero-order valence-corrected chi connectivity index (χ0v) is 14.4. The molecule has 0 aliphatic carbocycles. The van der Waals surface area contributed by atoms with Crippen LogP contribution in [0.15, 0.2) is 12.2 Å². The first-order valence-electron chi connectivity index (χ1n) is 9.03. The maximum absolute atomic E-state index is 10.9. The monoisotopic (exact) mass is 296 g/mol. The van der Waals surface area contributed by atoms with Crippen molar-refractivity contribution in [2.45, 2.75) is 96.8 Å². The fourth-order valence-electron chi connectivity index (χ4n) is 2.44. The number of unbranched alkanes of at least 4 members (excludes halogenated alkanes) is 11. The fourth-order valence-corrected chi connectivity index (χ4v) is 2.44. The first kappa shape index (κ1) is 20.2. The third-order valence-corrected chi connectivity index (χ3v) is 3.87. The SMILES string of the molecule is CCCCCCC=CCCCCCCCCCC(=O)OC. The number of carbonyl (C=O) groups is 1. The third kappa shape index (κ3) is 17.2. The summed E-state index contributed by atoms with van der Waals surface area (Å²) >= 11 is 0. The molecule has 0 N–H and O–H groups in total. The first-order valence-corrected chi connectivity index (χ1v) is 9.03. The first-order chi connectivity index (χ1) is 10.3. The molecule has 0 bridgehead atoms. The second-order valence-electron chi connectivity index (χ2n) is 5.91. The summed E-state index contributed by atoms with van der Waals surface area (Å²) in [5, 5.41) is 0. The molecule has 0 atom stereocenters. The lowest BCUT2D eigenvalue weighted by Crippen LogP contribution is -1.99. The van der Waals surface area contributed by atoms with Gasteiger partial charge in [0.2, 0.25) is 0 Å². The van der Waals surface area contributed by atoms with Crippen molar-refractivity contribution in [1.29, 1.82) is 0 Å². The summed E-state index contributed by atoms with van der Waals surface area (Å²) in [5.41, 5.74) is 0. The topological polar surface area (TPSA) is 26.3 Å². The Morgan fingerprint density at radius 3 is 1.76 bits per heavy atom. The number of esters is 1. The smallest absolute Gasteiger partial charge is 0.305 e. The molecule has 2 nitrogen and oxygen atoms in total. The second kappa shape index (κ2) is 17.3. The van der Waals surface area contributed by atoms with Crippen molar-refractivity contribution in [3.63, 3.8) is 0 Å². The van der Waals surface area contributed by atoms with E-state index in [4.69, 9.17) is 0 Å². The van der Waals surface area contributed by atoms with E-state index in [9.17, 15) is 4.79 Å². The summed E-state index contributed by atoms with van der Waals surface area (Å²) in [4.78, 5) is 10.9. The summed E-state index contributed by atoms with van der Waals surface area (Å²) in [7, 11) is 1.46. The van der Waals surface area contributed by atoms with Gasteiger partial charge >= 0.3 is 5.97 Å². The summed E-state index contributed by atoms with van der Waals surface area (Å²) < 4.78 is 4.62. The van der Waals surface area contributed by atoms with Gasteiger partial charge in [0, 0.05) is 6.42 Å². The highest BCUT2D eigenvalue weighted by Gasteiger charge is 1.98. The van der Waals surface area contributed by atoms with Gasteiger partial charge in [0.15, 0.2) is 0 Å². The number of rotatable bonds is 15. The quantitative estimate of drug-likeness (QED) is 0.204. The van der Waals surface area contributed by atoms with Crippen LogP contribution in [0.25, 0.3) is 0 Å². The average Bonchev–Trinajstić information content (AvgIpc) is 2.50. The Kier molecular flexibility index (Phi) is 16.6. The number of ether oxygens (including phenoxy) is 1. The van der Waals surface area contributed by atoms with E-state index in [2.05, 4.69) is 23.8 Å². The zero-order chi connectivity index (χ0) is 15.6. The predicted octanol–water partition coefficient (Wildman–Crippen LogP) is 6.20. The molecule has 2 heteroatoms. The standard InChI is InChI=1S/C19H36O2/c1-3-4-5-6-7-8-9-10-11-12-13-14-15-16-17-18-19(20)21-2/h8-9H,3-7,10-18H2,1-2H3. The Bertz CT molecular complexity index is 246. The van der Waals surface area contributed by atoms with Crippen molar-refractivity contribution < 1.29 is 9.53 Å². The van der Waals surface area contributed by atoms with Gasteiger partial charge in [-0.2, -0.15) is 0 Å². The molecule has 0 spiro atoms. The van der Waals surface area contributed by atoms with Gasteiger partial charge in [-0.1, -0.05) is 70.4 Å². The number of carbonyl (C=O) groups excluding carboxylic acids is 1. The Balaban J connectivity index is 3.08. The average molecular weight is 296 g/mol. The van der Waals surface area contributed by atoms with Crippen LogP contribution in [0.1, 0.15) is 96.8 Å². The van der Waals surface area contributed by atoms with Crippen molar-refractivity contribution in [1.82, 2.24) is 0 Å². The van der Waals surface area contributed by atoms with Gasteiger partial charge in [-0.3, -0.25) is 4.79 Å². The van der Waals surface area contributed by atoms with Crippen LogP contribution in [-0.2, 0) is 9.53 Å². The molecule has 0 saturated carbocycles. The van der Waals surface area contributed by atoms with Crippen LogP contribution in [0.4, 0.5) is 0 Å². The highest BCUT2D eigenvalue weighted by atomic mass is 16.5. The molecule has 0 aliphatic rings. The van der Waals surface area contributed by atoms with Crippen molar-refractivity contribution >= 4 is 5.97 Å². The molecular weight excluding hydrogens is 260 g/mol. The van der Waals surface area contributed by atoms with Gasteiger partial charge in [0.1, 0.15) is 0 Å². The van der Waals surface area contributed by atoms with E-state index in [1.165, 1.54) is 77.7 Å². The van der Waals surface area contributed by atoms with Crippen LogP contribution in [0.3, 0.4) is 0 Å². The molecule has 124 valence electrons. The molecule has 0 fully saturated rings. The molecule has 0 aromatic rings. The highest BCUT2D eigenvalue weighted by molar-refractivity contribution is 5.68. The van der Waals surface area contributed by atoms with E-state index in [0.717, 1.165) is 12.8 Å². The zero-order valence-electron chi connectivity index (χ0n) is 14.4. The minimum Gasteiger partial charge on any atom is -0.469 e. The van der Waals surface area contributed by atoms with Gasteiger partial charge in [-0.05, 0) is 32.1 Å². The minimum atomic E-state index is -0.0727. The molecule has 0 amide bonds. The van der Waals surface area contributed by atoms with E-state index >= 15 is 0 Å². The van der Waals surface area contributed by atoms with Gasteiger partial charge in [0.25, 0.3) is 0 Å². The maximum Gasteiger partial charge on any atom is 0.305 e. The molecule has 0 unspecified atom stereocenters. The summed E-state index contributed by atoms with van der Waals surface area (Å²) in [5.74, 6) is -0.0727. The Labute approximate surface area is 132 Å². The van der Waals surface area contributed by atoms with E-state index in [-0.39, 0.29) is 5.97 Å². The lowest BCUT2D eigenvalue weighted by atomic mass is 10.1. The lowest BCUT2D eigenvalue weighted by Gasteiger charge is -2.01. The Hall–Kier alpha value is -0.790. The Morgan fingerprint density at radius 2 is 1.24 bits per heavy atom. The fraction of sp³-hybridized carbons (Fsp3) is 0.842. The van der Waals surface area contributed by atoms with Crippen molar-refractivity contribution in [3.8, 4) is 0 Å². The molecule has 0 aliphatic heterocycles. The molecule has 0 heterocycles. The highest BCUT2D eigenvalue weighted by Crippen LogP contribution is 2.10.